The van der Waals surface area contributed by atoms with Gasteiger partial charge in [-0.05, 0) is 50.2 Å². The molecule has 0 fully saturated rings. The summed E-state index contributed by atoms with van der Waals surface area (Å²) in [4.78, 5) is 16.7. The molecule has 0 aliphatic rings. The molecule has 26 heavy (non-hydrogen) atoms. The molecule has 3 aromatic rings. The molecule has 0 aliphatic carbocycles. The van der Waals surface area contributed by atoms with Gasteiger partial charge in [-0.25, -0.2) is 9.67 Å². The van der Waals surface area contributed by atoms with E-state index in [-0.39, 0.29) is 5.91 Å². The van der Waals surface area contributed by atoms with Gasteiger partial charge in [0, 0.05) is 28.5 Å². The molecule has 6 nitrogen and oxygen atoms in total. The van der Waals surface area contributed by atoms with Crippen LogP contribution in [0.2, 0.25) is 0 Å². The quantitative estimate of drug-likeness (QED) is 0.692. The third kappa shape index (κ3) is 3.94. The average Bonchev–Trinajstić information content (AvgIpc) is 2.98. The van der Waals surface area contributed by atoms with Crippen molar-refractivity contribution in [2.75, 3.05) is 7.11 Å². The number of nitrogens with one attached hydrogen (secondary N) is 1. The highest BCUT2D eigenvalue weighted by Gasteiger charge is 2.10. The first kappa shape index (κ1) is 18.1. The Morgan fingerprint density at radius 3 is 2.65 bits per heavy atom. The maximum absolute atomic E-state index is 12.4. The molecule has 0 bridgehead atoms. The number of pyridine rings is 1. The van der Waals surface area contributed by atoms with E-state index in [4.69, 9.17) is 4.74 Å². The minimum Gasteiger partial charge on any atom is -0.496 e. The Kier molecular flexibility index (Phi) is 5.37. The van der Waals surface area contributed by atoms with E-state index in [1.54, 1.807) is 30.1 Å². The van der Waals surface area contributed by atoms with Crippen molar-refractivity contribution in [2.45, 2.75) is 20.4 Å². The Morgan fingerprint density at radius 2 is 2.04 bits per heavy atom. The van der Waals surface area contributed by atoms with Crippen LogP contribution in [0.4, 0.5) is 0 Å². The summed E-state index contributed by atoms with van der Waals surface area (Å²) in [5.74, 6) is 1.21. The van der Waals surface area contributed by atoms with Crippen molar-refractivity contribution < 1.29 is 9.53 Å². The summed E-state index contributed by atoms with van der Waals surface area (Å²) in [6.07, 6.45) is 1.55. The molecule has 134 valence electrons. The van der Waals surface area contributed by atoms with Crippen LogP contribution in [-0.4, -0.2) is 27.8 Å². The standard InChI is InChI=1S/C19H19BrN4O2/c1-12-8-13(2)24(23-12)18-7-4-14(10-21-18)19(25)22-11-15-9-16(20)5-6-17(15)26-3/h4-10H,11H2,1-3H3,(H,22,25). The van der Waals surface area contributed by atoms with E-state index in [0.717, 1.165) is 27.2 Å². The Labute approximate surface area is 160 Å². The van der Waals surface area contributed by atoms with Crippen molar-refractivity contribution >= 4 is 21.8 Å². The van der Waals surface area contributed by atoms with Gasteiger partial charge in [0.05, 0.1) is 18.4 Å². The Bertz CT molecular complexity index is 935. The summed E-state index contributed by atoms with van der Waals surface area (Å²) >= 11 is 3.43. The molecule has 0 saturated heterocycles. The largest absolute Gasteiger partial charge is 0.496 e. The van der Waals surface area contributed by atoms with Gasteiger partial charge in [-0.1, -0.05) is 15.9 Å². The number of rotatable bonds is 5. The fourth-order valence-electron chi connectivity index (χ4n) is 2.67. The summed E-state index contributed by atoms with van der Waals surface area (Å²) in [5.41, 5.74) is 3.30. The zero-order valence-electron chi connectivity index (χ0n) is 14.8. The number of carbonyl (C=O) groups is 1. The van der Waals surface area contributed by atoms with Crippen LogP contribution >= 0.6 is 15.9 Å². The lowest BCUT2D eigenvalue weighted by Gasteiger charge is -2.10. The Morgan fingerprint density at radius 1 is 1.23 bits per heavy atom. The molecule has 1 aromatic carbocycles. The van der Waals surface area contributed by atoms with E-state index < -0.39 is 0 Å². The Hall–Kier alpha value is -2.67. The molecule has 0 spiro atoms. The summed E-state index contributed by atoms with van der Waals surface area (Å²) in [6.45, 7) is 4.26. The molecular formula is C19H19BrN4O2. The number of ether oxygens (including phenoxy) is 1. The van der Waals surface area contributed by atoms with Crippen LogP contribution in [-0.2, 0) is 6.54 Å². The fraction of sp³-hybridized carbons (Fsp3) is 0.211. The van der Waals surface area contributed by atoms with Gasteiger partial charge in [-0.2, -0.15) is 5.10 Å². The van der Waals surface area contributed by atoms with E-state index >= 15 is 0 Å². The van der Waals surface area contributed by atoms with Crippen LogP contribution < -0.4 is 10.1 Å². The highest BCUT2D eigenvalue weighted by atomic mass is 79.9. The number of nitrogens with zero attached hydrogens (tertiary/aromatic N) is 3. The zero-order valence-corrected chi connectivity index (χ0v) is 16.4. The van der Waals surface area contributed by atoms with Crippen molar-refractivity contribution in [3.05, 3.63) is 69.6 Å². The molecule has 1 amide bonds. The van der Waals surface area contributed by atoms with Gasteiger partial charge in [-0.15, -0.1) is 0 Å². The van der Waals surface area contributed by atoms with Crippen LogP contribution in [0.25, 0.3) is 5.82 Å². The maximum Gasteiger partial charge on any atom is 0.253 e. The van der Waals surface area contributed by atoms with E-state index in [0.29, 0.717) is 17.9 Å². The number of benzene rings is 1. The predicted octanol–water partition coefficient (Wildman–Crippen LogP) is 3.59. The number of aryl methyl sites for hydroxylation is 2. The minimum atomic E-state index is -0.195. The SMILES string of the molecule is COc1ccc(Br)cc1CNC(=O)c1ccc(-n2nc(C)cc2C)nc1. The summed E-state index contributed by atoms with van der Waals surface area (Å²) in [5, 5.41) is 7.28. The van der Waals surface area contributed by atoms with Gasteiger partial charge in [0.25, 0.3) is 5.91 Å². The minimum absolute atomic E-state index is 0.195. The normalized spacial score (nSPS) is 10.6. The number of halogens is 1. The van der Waals surface area contributed by atoms with Gasteiger partial charge >= 0.3 is 0 Å². The van der Waals surface area contributed by atoms with Crippen LogP contribution in [0.3, 0.4) is 0 Å². The topological polar surface area (TPSA) is 69.0 Å². The van der Waals surface area contributed by atoms with Crippen molar-refractivity contribution in [1.82, 2.24) is 20.1 Å². The lowest BCUT2D eigenvalue weighted by molar-refractivity contribution is 0.0950. The number of aromatic nitrogens is 3. The third-order valence-electron chi connectivity index (χ3n) is 3.92. The third-order valence-corrected chi connectivity index (χ3v) is 4.41. The number of amides is 1. The van der Waals surface area contributed by atoms with Gasteiger partial charge < -0.3 is 10.1 Å². The van der Waals surface area contributed by atoms with Crippen LogP contribution in [0.5, 0.6) is 5.75 Å². The molecule has 0 radical (unpaired) electrons. The van der Waals surface area contributed by atoms with Crippen molar-refractivity contribution in [1.29, 1.82) is 0 Å². The second-order valence-electron chi connectivity index (χ2n) is 5.88. The summed E-state index contributed by atoms with van der Waals surface area (Å²) in [7, 11) is 1.61. The molecule has 0 aliphatic heterocycles. The first-order valence-corrected chi connectivity index (χ1v) is 8.87. The van der Waals surface area contributed by atoms with Crippen LogP contribution in [0.1, 0.15) is 27.3 Å². The molecule has 0 atom stereocenters. The smallest absolute Gasteiger partial charge is 0.253 e. The predicted molar refractivity (Wildman–Crippen MR) is 103 cm³/mol. The van der Waals surface area contributed by atoms with E-state index in [1.165, 1.54) is 0 Å². The molecular weight excluding hydrogens is 396 g/mol. The first-order chi connectivity index (χ1) is 12.5. The van der Waals surface area contributed by atoms with Gasteiger partial charge in [0.2, 0.25) is 0 Å². The molecule has 3 rings (SSSR count). The number of hydrogen-bond acceptors (Lipinski definition) is 4. The highest BCUT2D eigenvalue weighted by Crippen LogP contribution is 2.22. The van der Waals surface area contributed by atoms with Crippen molar-refractivity contribution in [2.24, 2.45) is 0 Å². The lowest BCUT2D eigenvalue weighted by Crippen LogP contribution is -2.23. The fourth-order valence-corrected chi connectivity index (χ4v) is 3.08. The maximum atomic E-state index is 12.4. The molecule has 7 heteroatoms. The van der Waals surface area contributed by atoms with Crippen molar-refractivity contribution in [3.8, 4) is 11.6 Å². The van der Waals surface area contributed by atoms with Gasteiger partial charge in [-0.3, -0.25) is 4.79 Å². The molecule has 2 heterocycles. The van der Waals surface area contributed by atoms with Crippen molar-refractivity contribution in [3.63, 3.8) is 0 Å². The van der Waals surface area contributed by atoms with Gasteiger partial charge in [0.1, 0.15) is 5.75 Å². The molecule has 0 unspecified atom stereocenters. The van der Waals surface area contributed by atoms with E-state index in [9.17, 15) is 4.79 Å². The molecule has 0 saturated carbocycles. The van der Waals surface area contributed by atoms with Crippen LogP contribution in [0.15, 0.2) is 47.1 Å². The molecule has 2 aromatic heterocycles. The first-order valence-electron chi connectivity index (χ1n) is 8.08. The summed E-state index contributed by atoms with van der Waals surface area (Å²) in [6, 6.07) is 11.2. The zero-order chi connectivity index (χ0) is 18.7. The average molecular weight is 415 g/mol. The monoisotopic (exact) mass is 414 g/mol. The van der Waals surface area contributed by atoms with Gasteiger partial charge in [0.15, 0.2) is 5.82 Å². The van der Waals surface area contributed by atoms with E-state index in [2.05, 4.69) is 31.3 Å². The number of carbonyl (C=O) groups excluding carboxylic acids is 1. The highest BCUT2D eigenvalue weighted by molar-refractivity contribution is 9.10. The summed E-state index contributed by atoms with van der Waals surface area (Å²) < 4.78 is 8.00. The molecule has 1 N–H and O–H groups in total. The lowest BCUT2D eigenvalue weighted by atomic mass is 10.2. The second kappa shape index (κ2) is 7.70. The number of methoxy groups -OCH3 is 1. The second-order valence-corrected chi connectivity index (χ2v) is 6.80. The van der Waals surface area contributed by atoms with Crippen LogP contribution in [0, 0.1) is 13.8 Å². The Balaban J connectivity index is 1.71. The van der Waals surface area contributed by atoms with E-state index in [1.807, 2.05) is 38.1 Å². The number of hydrogen-bond donors (Lipinski definition) is 1.